The van der Waals surface area contributed by atoms with Crippen molar-refractivity contribution in [2.24, 2.45) is 5.41 Å². The van der Waals surface area contributed by atoms with Gasteiger partial charge in [0, 0.05) is 5.41 Å². The van der Waals surface area contributed by atoms with Crippen LogP contribution in [0.2, 0.25) is 19.6 Å². The van der Waals surface area contributed by atoms with Crippen molar-refractivity contribution in [3.63, 3.8) is 0 Å². The molecule has 0 atom stereocenters. The van der Waals surface area contributed by atoms with E-state index in [4.69, 9.17) is 4.43 Å². The lowest BCUT2D eigenvalue weighted by atomic mass is 9.95. The minimum atomic E-state index is -1.43. The number of rotatable bonds is 2. The zero-order valence-corrected chi connectivity index (χ0v) is 9.62. The van der Waals surface area contributed by atoms with Crippen LogP contribution in [0.3, 0.4) is 0 Å². The minimum Gasteiger partial charge on any atom is -0.547 e. The highest BCUT2D eigenvalue weighted by Crippen LogP contribution is 2.27. The number of allylic oxidation sites excluding steroid dienone is 1. The van der Waals surface area contributed by atoms with Gasteiger partial charge in [0.2, 0.25) is 8.32 Å². The Morgan fingerprint density at radius 3 is 1.64 bits per heavy atom. The van der Waals surface area contributed by atoms with Crippen molar-refractivity contribution in [1.82, 2.24) is 0 Å². The minimum absolute atomic E-state index is 0.0836. The Bertz CT molecular complexity index is 148. The molecule has 0 fully saturated rings. The van der Waals surface area contributed by atoms with E-state index in [1.165, 1.54) is 0 Å². The zero-order valence-electron chi connectivity index (χ0n) is 8.62. The van der Waals surface area contributed by atoms with Crippen LogP contribution in [0.5, 0.6) is 0 Å². The van der Waals surface area contributed by atoms with Crippen LogP contribution in [0.1, 0.15) is 20.8 Å². The van der Waals surface area contributed by atoms with Gasteiger partial charge in [0.05, 0.1) is 5.76 Å². The fourth-order valence-electron chi connectivity index (χ4n) is 0.523. The molecule has 11 heavy (non-hydrogen) atoms. The SMILES string of the molecule is C=C(O[Si](C)(C)C)C(C)(C)C. The van der Waals surface area contributed by atoms with E-state index in [1.54, 1.807) is 0 Å². The van der Waals surface area contributed by atoms with Gasteiger partial charge in [-0.2, -0.15) is 0 Å². The fourth-order valence-corrected chi connectivity index (χ4v) is 1.57. The predicted molar refractivity (Wildman–Crippen MR) is 53.0 cm³/mol. The molecule has 0 heterocycles. The molecule has 0 bridgehead atoms. The van der Waals surface area contributed by atoms with Gasteiger partial charge in [-0.25, -0.2) is 0 Å². The molecule has 0 rings (SSSR count). The zero-order chi connectivity index (χ0) is 9.28. The first-order valence-corrected chi connectivity index (χ1v) is 7.42. The molecule has 0 aliphatic carbocycles. The second-order valence-electron chi connectivity index (χ2n) is 4.89. The largest absolute Gasteiger partial charge is 0.547 e. The summed E-state index contributed by atoms with van der Waals surface area (Å²) in [5.41, 5.74) is 0.0836. The maximum absolute atomic E-state index is 5.75. The molecule has 0 aromatic rings. The van der Waals surface area contributed by atoms with Crippen LogP contribution in [-0.4, -0.2) is 8.32 Å². The van der Waals surface area contributed by atoms with E-state index in [0.29, 0.717) is 0 Å². The highest BCUT2D eigenvalue weighted by Gasteiger charge is 2.23. The maximum Gasteiger partial charge on any atom is 0.241 e. The predicted octanol–water partition coefficient (Wildman–Crippen LogP) is 3.40. The summed E-state index contributed by atoms with van der Waals surface area (Å²) < 4.78 is 5.75. The van der Waals surface area contributed by atoms with Crippen LogP contribution in [-0.2, 0) is 4.43 Å². The molecule has 0 spiro atoms. The first kappa shape index (κ1) is 10.8. The third-order valence-electron chi connectivity index (χ3n) is 1.27. The van der Waals surface area contributed by atoms with E-state index < -0.39 is 8.32 Å². The molecule has 0 saturated carbocycles. The second-order valence-corrected chi connectivity index (χ2v) is 9.32. The van der Waals surface area contributed by atoms with E-state index >= 15 is 0 Å². The van der Waals surface area contributed by atoms with Gasteiger partial charge in [0.15, 0.2) is 0 Å². The fraction of sp³-hybridized carbons (Fsp3) is 0.778. The van der Waals surface area contributed by atoms with Crippen LogP contribution < -0.4 is 0 Å². The first-order chi connectivity index (χ1) is 4.63. The van der Waals surface area contributed by atoms with Crippen LogP contribution >= 0.6 is 0 Å². The third kappa shape index (κ3) is 5.07. The Balaban J connectivity index is 4.11. The van der Waals surface area contributed by atoms with E-state index in [-0.39, 0.29) is 5.41 Å². The van der Waals surface area contributed by atoms with Crippen molar-refractivity contribution < 1.29 is 4.43 Å². The summed E-state index contributed by atoms with van der Waals surface area (Å²) in [6.07, 6.45) is 0. The number of hydrogen-bond donors (Lipinski definition) is 0. The highest BCUT2D eigenvalue weighted by atomic mass is 28.4. The molecule has 0 aliphatic heterocycles. The van der Waals surface area contributed by atoms with Crippen molar-refractivity contribution in [1.29, 1.82) is 0 Å². The smallest absolute Gasteiger partial charge is 0.241 e. The van der Waals surface area contributed by atoms with Gasteiger partial charge in [-0.3, -0.25) is 0 Å². The molecule has 0 amide bonds. The first-order valence-electron chi connectivity index (χ1n) is 4.01. The molecule has 0 N–H and O–H groups in total. The van der Waals surface area contributed by atoms with Gasteiger partial charge in [-0.1, -0.05) is 27.4 Å². The molecule has 66 valence electrons. The maximum atomic E-state index is 5.75. The molecule has 0 saturated heterocycles. The van der Waals surface area contributed by atoms with Crippen molar-refractivity contribution >= 4 is 8.32 Å². The van der Waals surface area contributed by atoms with Crippen molar-refractivity contribution in [3.05, 3.63) is 12.3 Å². The van der Waals surface area contributed by atoms with Crippen molar-refractivity contribution in [3.8, 4) is 0 Å². The lowest BCUT2D eigenvalue weighted by Gasteiger charge is -2.29. The molecular formula is C9H20OSi. The summed E-state index contributed by atoms with van der Waals surface area (Å²) in [6.45, 7) is 16.8. The average Bonchev–Trinajstić information content (AvgIpc) is 1.56. The Morgan fingerprint density at radius 1 is 1.18 bits per heavy atom. The van der Waals surface area contributed by atoms with E-state index in [1.807, 2.05) is 0 Å². The topological polar surface area (TPSA) is 9.23 Å². The number of hydrogen-bond acceptors (Lipinski definition) is 1. The molecule has 0 unspecified atom stereocenters. The van der Waals surface area contributed by atoms with Gasteiger partial charge in [-0.15, -0.1) is 0 Å². The van der Waals surface area contributed by atoms with Crippen LogP contribution in [0.15, 0.2) is 12.3 Å². The molecule has 0 radical (unpaired) electrons. The van der Waals surface area contributed by atoms with Crippen LogP contribution in [0, 0.1) is 5.41 Å². The Morgan fingerprint density at radius 2 is 1.55 bits per heavy atom. The van der Waals surface area contributed by atoms with Gasteiger partial charge in [0.1, 0.15) is 0 Å². The average molecular weight is 172 g/mol. The van der Waals surface area contributed by atoms with Gasteiger partial charge < -0.3 is 4.43 Å². The quantitative estimate of drug-likeness (QED) is 0.458. The van der Waals surface area contributed by atoms with Crippen LogP contribution in [0.25, 0.3) is 0 Å². The van der Waals surface area contributed by atoms with E-state index in [9.17, 15) is 0 Å². The molecule has 0 aliphatic rings. The summed E-state index contributed by atoms with van der Waals surface area (Å²) >= 11 is 0. The van der Waals surface area contributed by atoms with E-state index in [2.05, 4.69) is 47.0 Å². The molecule has 1 nitrogen and oxygen atoms in total. The van der Waals surface area contributed by atoms with Gasteiger partial charge >= 0.3 is 0 Å². The highest BCUT2D eigenvalue weighted by molar-refractivity contribution is 6.70. The van der Waals surface area contributed by atoms with Gasteiger partial charge in [-0.05, 0) is 19.6 Å². The molecule has 0 aromatic carbocycles. The lowest BCUT2D eigenvalue weighted by Crippen LogP contribution is -2.28. The Hall–Kier alpha value is -0.243. The monoisotopic (exact) mass is 172 g/mol. The Labute approximate surface area is 71.6 Å². The summed E-state index contributed by atoms with van der Waals surface area (Å²) in [6, 6.07) is 0. The second kappa shape index (κ2) is 3.01. The Kier molecular flexibility index (Phi) is 2.95. The summed E-state index contributed by atoms with van der Waals surface area (Å²) in [5, 5.41) is 0. The summed E-state index contributed by atoms with van der Waals surface area (Å²) in [4.78, 5) is 0. The third-order valence-corrected chi connectivity index (χ3v) is 2.12. The molecule has 2 heteroatoms. The molecular weight excluding hydrogens is 152 g/mol. The standard InChI is InChI=1S/C9H20OSi/c1-8(9(2,3)4)10-11(5,6)7/h1H2,2-7H3. The van der Waals surface area contributed by atoms with Crippen LogP contribution in [0.4, 0.5) is 0 Å². The lowest BCUT2D eigenvalue weighted by molar-refractivity contribution is 0.292. The molecule has 0 aromatic heterocycles. The van der Waals surface area contributed by atoms with Crippen molar-refractivity contribution in [2.75, 3.05) is 0 Å². The summed E-state index contributed by atoms with van der Waals surface area (Å²) in [5.74, 6) is 0.914. The van der Waals surface area contributed by atoms with Crippen molar-refractivity contribution in [2.45, 2.75) is 40.4 Å². The van der Waals surface area contributed by atoms with E-state index in [0.717, 1.165) is 5.76 Å². The normalized spacial score (nSPS) is 12.9. The van der Waals surface area contributed by atoms with Gasteiger partial charge in [0.25, 0.3) is 0 Å². The summed E-state index contributed by atoms with van der Waals surface area (Å²) in [7, 11) is -1.43.